The second kappa shape index (κ2) is 10.4. The Balaban J connectivity index is 4.91. The second-order valence-electron chi connectivity index (χ2n) is 3.32. The van der Waals surface area contributed by atoms with Gasteiger partial charge in [0.2, 0.25) is 0 Å². The van der Waals surface area contributed by atoms with Gasteiger partial charge in [-0.1, -0.05) is 87.1 Å². The summed E-state index contributed by atoms with van der Waals surface area (Å²) in [5, 5.41) is 0. The maximum absolute atomic E-state index is 3.71. The fourth-order valence-electron chi connectivity index (χ4n) is 1.27. The van der Waals surface area contributed by atoms with E-state index >= 15 is 0 Å². The van der Waals surface area contributed by atoms with Crippen LogP contribution in [0.3, 0.4) is 0 Å². The first kappa shape index (κ1) is 14.9. The minimum atomic E-state index is 0.826. The van der Waals surface area contributed by atoms with Crippen molar-refractivity contribution in [3.05, 3.63) is 98.2 Å². The average molecular weight is 224 g/mol. The van der Waals surface area contributed by atoms with Crippen LogP contribution in [0.4, 0.5) is 0 Å². The van der Waals surface area contributed by atoms with E-state index in [2.05, 4.69) is 26.3 Å². The first-order chi connectivity index (χ1) is 8.28. The van der Waals surface area contributed by atoms with Gasteiger partial charge in [-0.2, -0.15) is 0 Å². The van der Waals surface area contributed by atoms with Crippen LogP contribution in [0.2, 0.25) is 0 Å². The fraction of sp³-hybridized carbons (Fsp3) is 0.0588. The van der Waals surface area contributed by atoms with E-state index in [0.717, 1.165) is 6.42 Å². The maximum Gasteiger partial charge on any atom is -0.00258 e. The minimum absolute atomic E-state index is 0.826. The molecule has 17 heavy (non-hydrogen) atoms. The van der Waals surface area contributed by atoms with Crippen LogP contribution in [0.15, 0.2) is 98.2 Å². The topological polar surface area (TPSA) is 0 Å². The predicted molar refractivity (Wildman–Crippen MR) is 79.9 cm³/mol. The van der Waals surface area contributed by atoms with Crippen LogP contribution in [0.25, 0.3) is 0 Å². The Morgan fingerprint density at radius 3 is 1.35 bits per heavy atom. The quantitative estimate of drug-likeness (QED) is 0.504. The van der Waals surface area contributed by atoms with Crippen molar-refractivity contribution in [2.75, 3.05) is 0 Å². The highest BCUT2D eigenvalue weighted by Gasteiger charge is 1.95. The van der Waals surface area contributed by atoms with Crippen molar-refractivity contribution < 1.29 is 0 Å². The van der Waals surface area contributed by atoms with Crippen LogP contribution < -0.4 is 0 Å². The van der Waals surface area contributed by atoms with E-state index in [1.807, 2.05) is 36.5 Å². The monoisotopic (exact) mass is 224 g/mol. The largest absolute Gasteiger partial charge is 0.0991 e. The highest BCUT2D eigenvalue weighted by atomic mass is 14.0. The Morgan fingerprint density at radius 1 is 0.647 bits per heavy atom. The molecule has 0 amide bonds. The lowest BCUT2D eigenvalue weighted by Crippen LogP contribution is -1.83. The molecule has 0 heteroatoms. The molecule has 0 spiro atoms. The molecule has 0 saturated carbocycles. The Bertz CT molecular complexity index is 346. The van der Waals surface area contributed by atoms with Gasteiger partial charge >= 0.3 is 0 Å². The Hall–Kier alpha value is -2.08. The normalized spacial score (nSPS) is 12.9. The van der Waals surface area contributed by atoms with Gasteiger partial charge in [0.25, 0.3) is 0 Å². The molecule has 0 saturated heterocycles. The number of hydrogen-bond acceptors (Lipinski definition) is 0. The number of rotatable bonds is 8. The summed E-state index contributed by atoms with van der Waals surface area (Å²) < 4.78 is 0. The Kier molecular flexibility index (Phi) is 9.16. The van der Waals surface area contributed by atoms with Crippen molar-refractivity contribution in [1.29, 1.82) is 0 Å². The lowest BCUT2D eigenvalue weighted by atomic mass is 10.0. The zero-order valence-electron chi connectivity index (χ0n) is 10.3. The van der Waals surface area contributed by atoms with Crippen LogP contribution in [-0.2, 0) is 0 Å². The van der Waals surface area contributed by atoms with Crippen molar-refractivity contribution in [3.63, 3.8) is 0 Å². The van der Waals surface area contributed by atoms with Gasteiger partial charge in [-0.05, 0) is 17.6 Å². The molecule has 0 atom stereocenters. The zero-order chi connectivity index (χ0) is 12.9. The summed E-state index contributed by atoms with van der Waals surface area (Å²) in [4.78, 5) is 0. The minimum Gasteiger partial charge on any atom is -0.0991 e. The van der Waals surface area contributed by atoms with Gasteiger partial charge in [0.1, 0.15) is 0 Å². The third-order valence-corrected chi connectivity index (χ3v) is 1.96. The molecule has 0 aromatic carbocycles. The molecule has 0 rings (SSSR count). The molecule has 0 aromatic rings. The number of hydrogen-bond donors (Lipinski definition) is 0. The van der Waals surface area contributed by atoms with E-state index < -0.39 is 0 Å². The molecule has 0 heterocycles. The average Bonchev–Trinajstić information content (AvgIpc) is 2.33. The first-order valence-corrected chi connectivity index (χ1v) is 5.49. The van der Waals surface area contributed by atoms with E-state index in [0.29, 0.717) is 0 Å². The summed E-state index contributed by atoms with van der Waals surface area (Å²) in [5.41, 5.74) is 2.34. The van der Waals surface area contributed by atoms with Crippen LogP contribution >= 0.6 is 0 Å². The lowest BCUT2D eigenvalue weighted by Gasteiger charge is -2.02. The molecule has 0 fully saturated rings. The fourth-order valence-corrected chi connectivity index (χ4v) is 1.27. The standard InChI is InChI=1S/C17H20/c1-5-9-13-16(11-7-3)15-17(12-8-4)14-10-6-2/h5-14H,1-4,15H2/b13-9-,14-10-,16-11+,17-12+. The smallest absolute Gasteiger partial charge is 0.00258 e. The third kappa shape index (κ3) is 7.80. The van der Waals surface area contributed by atoms with E-state index in [4.69, 9.17) is 0 Å². The molecule has 0 N–H and O–H groups in total. The molecular formula is C17H20. The second-order valence-corrected chi connectivity index (χ2v) is 3.32. The van der Waals surface area contributed by atoms with Crippen molar-refractivity contribution >= 4 is 0 Å². The van der Waals surface area contributed by atoms with Gasteiger partial charge < -0.3 is 0 Å². The molecule has 0 aliphatic heterocycles. The summed E-state index contributed by atoms with van der Waals surface area (Å²) >= 11 is 0. The SMILES string of the molecule is C=C/C=C\C(=C/C=C)CC(/C=C\C=C)=C/C=C. The summed E-state index contributed by atoms with van der Waals surface area (Å²) in [6.07, 6.45) is 19.7. The summed E-state index contributed by atoms with van der Waals surface area (Å²) in [7, 11) is 0. The van der Waals surface area contributed by atoms with Gasteiger partial charge in [0, 0.05) is 0 Å². The highest BCUT2D eigenvalue weighted by molar-refractivity contribution is 5.35. The van der Waals surface area contributed by atoms with E-state index in [1.54, 1.807) is 24.3 Å². The maximum atomic E-state index is 3.71. The van der Waals surface area contributed by atoms with Gasteiger partial charge in [0.15, 0.2) is 0 Å². The van der Waals surface area contributed by atoms with Gasteiger partial charge in [-0.25, -0.2) is 0 Å². The Morgan fingerprint density at radius 2 is 1.06 bits per heavy atom. The van der Waals surface area contributed by atoms with E-state index in [9.17, 15) is 0 Å². The van der Waals surface area contributed by atoms with Gasteiger partial charge in [0.05, 0.1) is 0 Å². The van der Waals surface area contributed by atoms with Crippen LogP contribution in [0, 0.1) is 0 Å². The third-order valence-electron chi connectivity index (χ3n) is 1.96. The van der Waals surface area contributed by atoms with Crippen molar-refractivity contribution in [1.82, 2.24) is 0 Å². The van der Waals surface area contributed by atoms with E-state index in [1.165, 1.54) is 11.1 Å². The summed E-state index contributed by atoms with van der Waals surface area (Å²) in [6.45, 7) is 14.7. The molecule has 0 radical (unpaired) electrons. The van der Waals surface area contributed by atoms with Crippen molar-refractivity contribution in [3.8, 4) is 0 Å². The van der Waals surface area contributed by atoms with Crippen molar-refractivity contribution in [2.24, 2.45) is 0 Å². The van der Waals surface area contributed by atoms with Crippen LogP contribution in [0.1, 0.15) is 6.42 Å². The van der Waals surface area contributed by atoms with Crippen molar-refractivity contribution in [2.45, 2.75) is 6.42 Å². The van der Waals surface area contributed by atoms with Gasteiger partial charge in [-0.15, -0.1) is 0 Å². The predicted octanol–water partition coefficient (Wildman–Crippen LogP) is 5.09. The van der Waals surface area contributed by atoms with E-state index in [-0.39, 0.29) is 0 Å². The van der Waals surface area contributed by atoms with Gasteiger partial charge in [-0.3, -0.25) is 0 Å². The number of allylic oxidation sites excluding steroid dienone is 12. The molecule has 0 aliphatic carbocycles. The lowest BCUT2D eigenvalue weighted by molar-refractivity contribution is 1.21. The Labute approximate surface area is 105 Å². The molecule has 0 unspecified atom stereocenters. The summed E-state index contributed by atoms with van der Waals surface area (Å²) in [5.74, 6) is 0. The molecule has 88 valence electrons. The highest BCUT2D eigenvalue weighted by Crippen LogP contribution is 2.14. The zero-order valence-corrected chi connectivity index (χ0v) is 10.3. The molecule has 0 bridgehead atoms. The molecular weight excluding hydrogens is 204 g/mol. The summed E-state index contributed by atoms with van der Waals surface area (Å²) in [6, 6.07) is 0. The molecule has 0 aliphatic rings. The first-order valence-electron chi connectivity index (χ1n) is 5.49. The van der Waals surface area contributed by atoms with Crippen LogP contribution in [0.5, 0.6) is 0 Å². The van der Waals surface area contributed by atoms with Crippen LogP contribution in [-0.4, -0.2) is 0 Å². The molecule has 0 nitrogen and oxygen atoms in total. The molecule has 0 aromatic heterocycles.